The van der Waals surface area contributed by atoms with Crippen molar-refractivity contribution in [1.82, 2.24) is 0 Å². The Morgan fingerprint density at radius 2 is 2.31 bits per heavy atom. The molecule has 0 aromatic heterocycles. The second-order valence-corrected chi connectivity index (χ2v) is 4.59. The molecule has 0 saturated carbocycles. The molecule has 0 fully saturated rings. The summed E-state index contributed by atoms with van der Waals surface area (Å²) in [4.78, 5) is 23.5. The fourth-order valence-corrected chi connectivity index (χ4v) is 2.31. The number of fused-ring (bicyclic) bond motifs is 1. The molecule has 0 saturated heterocycles. The number of carbonyl (C=O) groups is 2. The van der Waals surface area contributed by atoms with E-state index >= 15 is 0 Å². The number of hydrogen-bond acceptors (Lipinski definition) is 3. The molecule has 1 aromatic rings. The Morgan fingerprint density at radius 1 is 1.56 bits per heavy atom. The average Bonchev–Trinajstić information content (AvgIpc) is 2.56. The van der Waals surface area contributed by atoms with Crippen LogP contribution in [0.2, 0.25) is 0 Å². The number of ketones is 1. The molecule has 3 nitrogen and oxygen atoms in total. The van der Waals surface area contributed by atoms with Crippen LogP contribution in [0.5, 0.6) is 0 Å². The van der Waals surface area contributed by atoms with Crippen LogP contribution in [0.3, 0.4) is 0 Å². The molecule has 0 amide bonds. The van der Waals surface area contributed by atoms with Crippen LogP contribution in [-0.2, 0) is 16.0 Å². The number of esters is 1. The Morgan fingerprint density at radius 3 is 3.00 bits per heavy atom. The Bertz CT molecular complexity index is 454. The van der Waals surface area contributed by atoms with E-state index in [9.17, 15) is 9.59 Å². The molecule has 0 heterocycles. The molecule has 1 aliphatic carbocycles. The van der Waals surface area contributed by atoms with Crippen molar-refractivity contribution in [3.63, 3.8) is 0 Å². The smallest absolute Gasteiger partial charge is 0.317 e. The summed E-state index contributed by atoms with van der Waals surface area (Å²) in [5, 5.41) is 0. The quantitative estimate of drug-likeness (QED) is 0.618. The van der Waals surface area contributed by atoms with E-state index in [0.29, 0.717) is 18.6 Å². The lowest BCUT2D eigenvalue weighted by Gasteiger charge is -2.05. The van der Waals surface area contributed by atoms with Crippen LogP contribution in [-0.4, -0.2) is 18.4 Å². The van der Waals surface area contributed by atoms with E-state index in [1.165, 1.54) is 0 Å². The highest BCUT2D eigenvalue weighted by Gasteiger charge is 2.36. The van der Waals surface area contributed by atoms with Gasteiger partial charge in [-0.05, 0) is 37.1 Å². The summed E-state index contributed by atoms with van der Waals surface area (Å²) in [7, 11) is 0. The van der Waals surface area contributed by atoms with Crippen LogP contribution >= 0.6 is 15.9 Å². The third kappa shape index (κ3) is 1.89. The maximum Gasteiger partial charge on any atom is 0.317 e. The predicted molar refractivity (Wildman–Crippen MR) is 62.3 cm³/mol. The summed E-state index contributed by atoms with van der Waals surface area (Å²) in [5.74, 6) is -1.19. The lowest BCUT2D eigenvalue weighted by atomic mass is 10.1. The van der Waals surface area contributed by atoms with Crippen LogP contribution in [0.25, 0.3) is 0 Å². The van der Waals surface area contributed by atoms with Gasteiger partial charge >= 0.3 is 5.97 Å². The number of ether oxygens (including phenoxy) is 1. The van der Waals surface area contributed by atoms with Crippen LogP contribution in [0.1, 0.15) is 22.8 Å². The van der Waals surface area contributed by atoms with Gasteiger partial charge in [-0.15, -0.1) is 0 Å². The standard InChI is InChI=1S/C12H11BrO3/c1-2-16-12(15)10-6-7-5-8(13)3-4-9(7)11(10)14/h3-5,10H,2,6H2,1H3. The lowest BCUT2D eigenvalue weighted by Crippen LogP contribution is -2.23. The molecular weight excluding hydrogens is 272 g/mol. The molecule has 1 aromatic carbocycles. The number of rotatable bonds is 2. The number of halogens is 1. The van der Waals surface area contributed by atoms with Gasteiger partial charge in [0.25, 0.3) is 0 Å². The van der Waals surface area contributed by atoms with E-state index in [1.54, 1.807) is 13.0 Å². The third-order valence-electron chi connectivity index (χ3n) is 2.64. The van der Waals surface area contributed by atoms with E-state index in [2.05, 4.69) is 15.9 Å². The summed E-state index contributed by atoms with van der Waals surface area (Å²) in [6, 6.07) is 5.44. The van der Waals surface area contributed by atoms with E-state index < -0.39 is 11.9 Å². The highest BCUT2D eigenvalue weighted by molar-refractivity contribution is 9.10. The van der Waals surface area contributed by atoms with Gasteiger partial charge in [0.1, 0.15) is 5.92 Å². The van der Waals surface area contributed by atoms with E-state index in [0.717, 1.165) is 10.0 Å². The molecule has 84 valence electrons. The van der Waals surface area contributed by atoms with E-state index in [4.69, 9.17) is 4.74 Å². The molecule has 2 rings (SSSR count). The van der Waals surface area contributed by atoms with Crippen molar-refractivity contribution >= 4 is 27.7 Å². The molecule has 1 unspecified atom stereocenters. The van der Waals surface area contributed by atoms with Crippen LogP contribution in [0.15, 0.2) is 22.7 Å². The number of hydrogen-bond donors (Lipinski definition) is 0. The third-order valence-corrected chi connectivity index (χ3v) is 3.14. The first kappa shape index (κ1) is 11.3. The zero-order valence-electron chi connectivity index (χ0n) is 8.83. The van der Waals surface area contributed by atoms with Gasteiger partial charge in [-0.1, -0.05) is 15.9 Å². The van der Waals surface area contributed by atoms with Crippen molar-refractivity contribution in [3.8, 4) is 0 Å². The molecule has 4 heteroatoms. The first-order valence-electron chi connectivity index (χ1n) is 5.12. The number of Topliss-reactive ketones (excluding diaryl/α,β-unsaturated/α-hetero) is 1. The normalized spacial score (nSPS) is 18.4. The fourth-order valence-electron chi connectivity index (χ4n) is 1.91. The molecule has 1 atom stereocenters. The molecule has 16 heavy (non-hydrogen) atoms. The van der Waals surface area contributed by atoms with Gasteiger partial charge in [0, 0.05) is 10.0 Å². The van der Waals surface area contributed by atoms with Gasteiger partial charge in [0.05, 0.1) is 6.61 Å². The van der Waals surface area contributed by atoms with Gasteiger partial charge in [-0.25, -0.2) is 0 Å². The maximum atomic E-state index is 11.9. The summed E-state index contributed by atoms with van der Waals surface area (Å²) in [6.45, 7) is 2.05. The van der Waals surface area contributed by atoms with Crippen LogP contribution < -0.4 is 0 Å². The zero-order chi connectivity index (χ0) is 11.7. The fraction of sp³-hybridized carbons (Fsp3) is 0.333. The van der Waals surface area contributed by atoms with Gasteiger partial charge in [-0.2, -0.15) is 0 Å². The molecular formula is C12H11BrO3. The molecule has 0 spiro atoms. The summed E-state index contributed by atoms with van der Waals surface area (Å²) >= 11 is 3.35. The van der Waals surface area contributed by atoms with Crippen LogP contribution in [0.4, 0.5) is 0 Å². The summed E-state index contributed by atoms with van der Waals surface area (Å²) in [6.07, 6.45) is 0.451. The monoisotopic (exact) mass is 282 g/mol. The molecule has 1 aliphatic rings. The van der Waals surface area contributed by atoms with Crippen LogP contribution in [0, 0.1) is 5.92 Å². The van der Waals surface area contributed by atoms with Crippen molar-refractivity contribution in [2.24, 2.45) is 5.92 Å². The Kier molecular flexibility index (Phi) is 3.10. The average molecular weight is 283 g/mol. The largest absolute Gasteiger partial charge is 0.465 e. The van der Waals surface area contributed by atoms with Crippen molar-refractivity contribution in [2.75, 3.05) is 6.61 Å². The second kappa shape index (κ2) is 4.37. The summed E-state index contributed by atoms with van der Waals surface area (Å²) in [5.41, 5.74) is 1.55. The minimum Gasteiger partial charge on any atom is -0.465 e. The van der Waals surface area contributed by atoms with Crippen molar-refractivity contribution < 1.29 is 14.3 Å². The Balaban J connectivity index is 2.27. The summed E-state index contributed by atoms with van der Waals surface area (Å²) < 4.78 is 5.81. The molecule has 0 aliphatic heterocycles. The molecule has 0 N–H and O–H groups in total. The topological polar surface area (TPSA) is 43.4 Å². The lowest BCUT2D eigenvalue weighted by molar-refractivity contribution is -0.145. The minimum absolute atomic E-state index is 0.124. The highest BCUT2D eigenvalue weighted by Crippen LogP contribution is 2.29. The molecule has 0 radical (unpaired) electrons. The first-order valence-corrected chi connectivity index (χ1v) is 5.92. The number of benzene rings is 1. The van der Waals surface area contributed by atoms with Crippen molar-refractivity contribution in [3.05, 3.63) is 33.8 Å². The van der Waals surface area contributed by atoms with Gasteiger partial charge < -0.3 is 4.74 Å². The maximum absolute atomic E-state index is 11.9. The number of carbonyl (C=O) groups excluding carboxylic acids is 2. The predicted octanol–water partition coefficient (Wildman–Crippen LogP) is 2.37. The van der Waals surface area contributed by atoms with E-state index in [-0.39, 0.29) is 5.78 Å². The van der Waals surface area contributed by atoms with Gasteiger partial charge in [-0.3, -0.25) is 9.59 Å². The molecule has 0 bridgehead atoms. The Hall–Kier alpha value is -1.16. The minimum atomic E-state index is -0.649. The highest BCUT2D eigenvalue weighted by atomic mass is 79.9. The van der Waals surface area contributed by atoms with Crippen molar-refractivity contribution in [2.45, 2.75) is 13.3 Å². The SMILES string of the molecule is CCOC(=O)C1Cc2cc(Br)ccc2C1=O. The zero-order valence-corrected chi connectivity index (χ0v) is 10.4. The van der Waals surface area contributed by atoms with E-state index in [1.807, 2.05) is 12.1 Å². The first-order chi connectivity index (χ1) is 7.63. The Labute approximate surface area is 102 Å². The second-order valence-electron chi connectivity index (χ2n) is 3.67. The van der Waals surface area contributed by atoms with Gasteiger partial charge in [0.2, 0.25) is 0 Å². The van der Waals surface area contributed by atoms with Crippen molar-refractivity contribution in [1.29, 1.82) is 0 Å². The van der Waals surface area contributed by atoms with Gasteiger partial charge in [0.15, 0.2) is 5.78 Å².